The van der Waals surface area contributed by atoms with Gasteiger partial charge in [-0.15, -0.1) is 11.8 Å². The van der Waals surface area contributed by atoms with Crippen molar-refractivity contribution in [3.8, 4) is 0 Å². The Bertz CT molecular complexity index is 779. The molecule has 3 N–H and O–H groups in total. The Morgan fingerprint density at radius 1 is 1.07 bits per heavy atom. The number of nitrogens with zero attached hydrogens (tertiary/aromatic N) is 1. The third-order valence-electron chi connectivity index (χ3n) is 3.46. The molecule has 0 atom stereocenters. The normalized spacial score (nSPS) is 10.5. The summed E-state index contributed by atoms with van der Waals surface area (Å²) >= 11 is 1.53. The Morgan fingerprint density at radius 2 is 1.81 bits per heavy atom. The maximum atomic E-state index is 12.1. The number of nitrogens with one attached hydrogen (secondary N) is 3. The van der Waals surface area contributed by atoms with Gasteiger partial charge in [0.2, 0.25) is 11.8 Å². The molecule has 0 aliphatic heterocycles. The summed E-state index contributed by atoms with van der Waals surface area (Å²) in [5.74, 6) is -0.169. The molecule has 0 bridgehead atoms. The number of imide groups is 1. The van der Waals surface area contributed by atoms with Crippen molar-refractivity contribution in [2.24, 2.45) is 0 Å². The van der Waals surface area contributed by atoms with Crippen molar-refractivity contribution in [2.45, 2.75) is 11.4 Å². The molecule has 0 radical (unpaired) electrons. The lowest BCUT2D eigenvalue weighted by molar-refractivity contribution is -0.122. The number of benzene rings is 1. The maximum Gasteiger partial charge on any atom is 0.321 e. The summed E-state index contributed by atoms with van der Waals surface area (Å²) in [6.45, 7) is 0.106. The Kier molecular flexibility index (Phi) is 7.90. The summed E-state index contributed by atoms with van der Waals surface area (Å²) in [4.78, 5) is 38.2. The van der Waals surface area contributed by atoms with Crippen molar-refractivity contribution >= 4 is 35.3 Å². The average molecular weight is 390 g/mol. The van der Waals surface area contributed by atoms with Gasteiger partial charge in [0.15, 0.2) is 0 Å². The largest absolute Gasteiger partial charge is 0.467 e. The van der Waals surface area contributed by atoms with Gasteiger partial charge in [0, 0.05) is 4.90 Å². The molecule has 0 saturated heterocycles. The van der Waals surface area contributed by atoms with Gasteiger partial charge in [-0.25, -0.2) is 4.79 Å². The monoisotopic (exact) mass is 390 g/mol. The van der Waals surface area contributed by atoms with E-state index < -0.39 is 11.9 Å². The van der Waals surface area contributed by atoms with Crippen LogP contribution in [0, 0.1) is 0 Å². The van der Waals surface area contributed by atoms with Crippen LogP contribution in [-0.2, 0) is 16.1 Å². The van der Waals surface area contributed by atoms with Crippen LogP contribution < -0.4 is 16.0 Å². The van der Waals surface area contributed by atoms with E-state index in [4.69, 9.17) is 4.42 Å². The number of furan rings is 1. The Balaban J connectivity index is 1.72. The average Bonchev–Trinajstić information content (AvgIpc) is 3.13. The third-order valence-corrected chi connectivity index (χ3v) is 4.26. The topological polar surface area (TPSA) is 104 Å². The second-order valence-corrected chi connectivity index (χ2v) is 6.58. The molecule has 0 saturated carbocycles. The number of anilines is 1. The molecular weight excluding hydrogens is 368 g/mol. The summed E-state index contributed by atoms with van der Waals surface area (Å²) in [6, 6.07) is 10.3. The highest BCUT2D eigenvalue weighted by Crippen LogP contribution is 2.24. The fraction of sp³-hybridized carbons (Fsp3) is 0.278. The number of para-hydroxylation sites is 1. The zero-order valence-electron chi connectivity index (χ0n) is 15.2. The zero-order chi connectivity index (χ0) is 19.6. The molecule has 144 valence electrons. The van der Waals surface area contributed by atoms with Crippen molar-refractivity contribution in [2.75, 3.05) is 31.7 Å². The number of hydrogen-bond donors (Lipinski definition) is 3. The number of carbonyl (C=O) groups excluding carboxylic acids is 3. The first-order valence-electron chi connectivity index (χ1n) is 8.19. The summed E-state index contributed by atoms with van der Waals surface area (Å²) in [5, 5.41) is 7.54. The minimum absolute atomic E-state index is 0.0180. The minimum atomic E-state index is -0.622. The standard InChI is InChI=1S/C18H22N4O4S/c1-22(11-16(23)20-14-7-3-4-8-15(14)27-2)12-17(24)21-18(25)19-10-13-6-5-9-26-13/h3-9H,10-12H2,1-2H3,(H,20,23)(H2,19,21,24,25). The van der Waals surface area contributed by atoms with Crippen LogP contribution in [-0.4, -0.2) is 49.1 Å². The molecule has 0 fully saturated rings. The van der Waals surface area contributed by atoms with Crippen LogP contribution in [0.5, 0.6) is 0 Å². The van der Waals surface area contributed by atoms with Crippen LogP contribution in [0.1, 0.15) is 5.76 Å². The second kappa shape index (κ2) is 10.4. The number of rotatable bonds is 8. The Labute approximate surface area is 161 Å². The molecule has 9 heteroatoms. The fourth-order valence-electron chi connectivity index (χ4n) is 2.27. The number of amides is 4. The third kappa shape index (κ3) is 7.16. The van der Waals surface area contributed by atoms with E-state index in [2.05, 4.69) is 16.0 Å². The summed E-state index contributed by atoms with van der Waals surface area (Å²) in [5.41, 5.74) is 0.727. The first kappa shape index (κ1) is 20.5. The number of likely N-dealkylation sites (N-methyl/N-ethyl adjacent to an activating group) is 1. The summed E-state index contributed by atoms with van der Waals surface area (Å²) < 4.78 is 5.08. The van der Waals surface area contributed by atoms with Crippen molar-refractivity contribution < 1.29 is 18.8 Å². The van der Waals surface area contributed by atoms with Gasteiger partial charge in [-0.1, -0.05) is 12.1 Å². The molecule has 0 aliphatic carbocycles. The Hall–Kier alpha value is -2.78. The number of urea groups is 1. The number of hydrogen-bond acceptors (Lipinski definition) is 6. The lowest BCUT2D eigenvalue weighted by Crippen LogP contribution is -2.44. The molecule has 0 aliphatic rings. The van der Waals surface area contributed by atoms with Crippen LogP contribution in [0.4, 0.5) is 10.5 Å². The van der Waals surface area contributed by atoms with Crippen molar-refractivity contribution in [1.82, 2.24) is 15.5 Å². The molecule has 4 amide bonds. The van der Waals surface area contributed by atoms with Crippen LogP contribution in [0.25, 0.3) is 0 Å². The highest BCUT2D eigenvalue weighted by atomic mass is 32.2. The van der Waals surface area contributed by atoms with E-state index >= 15 is 0 Å². The molecule has 2 aromatic rings. The van der Waals surface area contributed by atoms with Gasteiger partial charge in [0.1, 0.15) is 5.76 Å². The number of thioether (sulfide) groups is 1. The minimum Gasteiger partial charge on any atom is -0.467 e. The van der Waals surface area contributed by atoms with E-state index in [1.807, 2.05) is 30.5 Å². The van der Waals surface area contributed by atoms with Gasteiger partial charge in [0.05, 0.1) is 31.6 Å². The highest BCUT2D eigenvalue weighted by Gasteiger charge is 2.14. The molecule has 1 heterocycles. The Morgan fingerprint density at radius 3 is 2.52 bits per heavy atom. The first-order valence-corrected chi connectivity index (χ1v) is 9.42. The van der Waals surface area contributed by atoms with Gasteiger partial charge in [-0.05, 0) is 37.6 Å². The van der Waals surface area contributed by atoms with Crippen molar-refractivity contribution in [3.63, 3.8) is 0 Å². The predicted molar refractivity (Wildman–Crippen MR) is 103 cm³/mol. The van der Waals surface area contributed by atoms with Crippen LogP contribution >= 0.6 is 11.8 Å². The van der Waals surface area contributed by atoms with Gasteiger partial charge in [0.25, 0.3) is 0 Å². The van der Waals surface area contributed by atoms with Crippen molar-refractivity contribution in [1.29, 1.82) is 0 Å². The van der Waals surface area contributed by atoms with Gasteiger partial charge < -0.3 is 15.1 Å². The molecule has 0 unspecified atom stereocenters. The van der Waals surface area contributed by atoms with Crippen LogP contribution in [0.2, 0.25) is 0 Å². The first-order chi connectivity index (χ1) is 13.0. The SMILES string of the molecule is CSc1ccccc1NC(=O)CN(C)CC(=O)NC(=O)NCc1ccco1. The highest BCUT2D eigenvalue weighted by molar-refractivity contribution is 7.98. The molecule has 1 aromatic heterocycles. The van der Waals surface area contributed by atoms with E-state index in [1.165, 1.54) is 22.9 Å². The van der Waals surface area contributed by atoms with Crippen molar-refractivity contribution in [3.05, 3.63) is 48.4 Å². The smallest absolute Gasteiger partial charge is 0.321 e. The molecule has 1 aromatic carbocycles. The molecular formula is C18H22N4O4S. The van der Waals surface area contributed by atoms with E-state index in [1.54, 1.807) is 19.2 Å². The van der Waals surface area contributed by atoms with Crippen LogP contribution in [0.15, 0.2) is 52.0 Å². The van der Waals surface area contributed by atoms with E-state index in [9.17, 15) is 14.4 Å². The summed E-state index contributed by atoms with van der Waals surface area (Å²) in [6.07, 6.45) is 3.43. The zero-order valence-corrected chi connectivity index (χ0v) is 16.0. The quantitative estimate of drug-likeness (QED) is 0.595. The predicted octanol–water partition coefficient (Wildman–Crippen LogP) is 1.90. The fourth-order valence-corrected chi connectivity index (χ4v) is 2.83. The summed E-state index contributed by atoms with van der Waals surface area (Å²) in [7, 11) is 1.63. The maximum absolute atomic E-state index is 12.1. The molecule has 0 spiro atoms. The number of carbonyl (C=O) groups is 3. The van der Waals surface area contributed by atoms with E-state index in [-0.39, 0.29) is 25.5 Å². The van der Waals surface area contributed by atoms with Gasteiger partial charge in [-0.2, -0.15) is 0 Å². The van der Waals surface area contributed by atoms with Gasteiger partial charge >= 0.3 is 6.03 Å². The van der Waals surface area contributed by atoms with Gasteiger partial charge in [-0.3, -0.25) is 19.8 Å². The lowest BCUT2D eigenvalue weighted by atomic mass is 10.3. The van der Waals surface area contributed by atoms with Crippen LogP contribution in [0.3, 0.4) is 0 Å². The van der Waals surface area contributed by atoms with E-state index in [0.717, 1.165) is 10.6 Å². The molecule has 2 rings (SSSR count). The molecule has 27 heavy (non-hydrogen) atoms. The molecule has 8 nitrogen and oxygen atoms in total. The lowest BCUT2D eigenvalue weighted by Gasteiger charge is -2.16. The second-order valence-electron chi connectivity index (χ2n) is 5.73. The van der Waals surface area contributed by atoms with E-state index in [0.29, 0.717) is 5.76 Å².